The second kappa shape index (κ2) is 6.01. The van der Waals surface area contributed by atoms with E-state index in [0.717, 1.165) is 6.07 Å². The highest BCUT2D eigenvalue weighted by Gasteiger charge is 2.40. The van der Waals surface area contributed by atoms with Crippen molar-refractivity contribution in [1.82, 2.24) is 15.0 Å². The topological polar surface area (TPSA) is 72.4 Å². The summed E-state index contributed by atoms with van der Waals surface area (Å²) in [5.74, 6) is 0.182. The molecule has 4 rings (SSSR count). The lowest BCUT2D eigenvalue weighted by Gasteiger charge is -2.37. The second-order valence-electron chi connectivity index (χ2n) is 5.88. The molecule has 1 aliphatic heterocycles. The van der Waals surface area contributed by atoms with Gasteiger partial charge < -0.3 is 13.8 Å². The van der Waals surface area contributed by atoms with E-state index in [1.165, 1.54) is 29.4 Å². The van der Waals surface area contributed by atoms with Crippen LogP contribution in [0.15, 0.2) is 51.6 Å². The molecule has 0 N–H and O–H groups in total. The van der Waals surface area contributed by atoms with E-state index >= 15 is 0 Å². The van der Waals surface area contributed by atoms with Crippen molar-refractivity contribution in [2.24, 2.45) is 0 Å². The molecule has 2 aromatic heterocycles. The van der Waals surface area contributed by atoms with Gasteiger partial charge in [0.15, 0.2) is 5.76 Å². The number of hydrogen-bond donors (Lipinski definition) is 0. The summed E-state index contributed by atoms with van der Waals surface area (Å²) >= 11 is 0. The maximum atomic E-state index is 13.1. The van der Waals surface area contributed by atoms with Crippen LogP contribution in [-0.4, -0.2) is 34.0 Å². The van der Waals surface area contributed by atoms with Crippen LogP contribution in [0.25, 0.3) is 11.6 Å². The number of alkyl halides is 3. The van der Waals surface area contributed by atoms with Crippen LogP contribution in [0.2, 0.25) is 0 Å². The molecule has 0 aliphatic carbocycles. The average Bonchev–Trinajstić information content (AvgIpc) is 3.24. The summed E-state index contributed by atoms with van der Waals surface area (Å²) in [6.45, 7) is 0.426. The summed E-state index contributed by atoms with van der Waals surface area (Å²) in [6.07, 6.45) is -3.10. The van der Waals surface area contributed by atoms with E-state index in [4.69, 9.17) is 8.94 Å². The van der Waals surface area contributed by atoms with E-state index in [0.29, 0.717) is 11.7 Å². The van der Waals surface area contributed by atoms with Crippen LogP contribution in [0.4, 0.5) is 13.2 Å². The Morgan fingerprint density at radius 2 is 1.92 bits per heavy atom. The summed E-state index contributed by atoms with van der Waals surface area (Å²) in [7, 11) is 0. The van der Waals surface area contributed by atoms with Gasteiger partial charge in [0.05, 0.1) is 23.3 Å². The third kappa shape index (κ3) is 2.85. The maximum Gasteiger partial charge on any atom is 0.417 e. The molecule has 134 valence electrons. The van der Waals surface area contributed by atoms with Crippen molar-refractivity contribution in [3.63, 3.8) is 0 Å². The number of nitrogens with zero attached hydrogens (tertiary/aromatic N) is 3. The number of furan rings is 1. The number of halogens is 3. The van der Waals surface area contributed by atoms with Gasteiger partial charge in [0.25, 0.3) is 5.91 Å². The lowest BCUT2D eigenvalue weighted by molar-refractivity contribution is -0.138. The van der Waals surface area contributed by atoms with Crippen molar-refractivity contribution in [1.29, 1.82) is 0 Å². The van der Waals surface area contributed by atoms with Gasteiger partial charge in [0, 0.05) is 13.1 Å². The minimum Gasteiger partial charge on any atom is -0.461 e. The van der Waals surface area contributed by atoms with Crippen molar-refractivity contribution in [3.05, 3.63) is 59.7 Å². The van der Waals surface area contributed by atoms with E-state index < -0.39 is 17.6 Å². The molecule has 1 amide bonds. The Morgan fingerprint density at radius 3 is 2.62 bits per heavy atom. The van der Waals surface area contributed by atoms with E-state index in [-0.39, 0.29) is 30.4 Å². The van der Waals surface area contributed by atoms with Crippen LogP contribution in [0.1, 0.15) is 27.7 Å². The molecular formula is C17H12F3N3O3. The van der Waals surface area contributed by atoms with Gasteiger partial charge in [0.1, 0.15) is 0 Å². The molecule has 0 spiro atoms. The van der Waals surface area contributed by atoms with Gasteiger partial charge in [-0.3, -0.25) is 4.79 Å². The molecule has 6 nitrogen and oxygen atoms in total. The van der Waals surface area contributed by atoms with Crippen LogP contribution < -0.4 is 0 Å². The van der Waals surface area contributed by atoms with Gasteiger partial charge in [-0.2, -0.15) is 18.2 Å². The van der Waals surface area contributed by atoms with E-state index in [9.17, 15) is 18.0 Å². The molecule has 3 aromatic rings. The molecule has 1 aromatic carbocycles. The Labute approximate surface area is 145 Å². The van der Waals surface area contributed by atoms with Crippen LogP contribution in [0.3, 0.4) is 0 Å². The van der Waals surface area contributed by atoms with Gasteiger partial charge in [-0.25, -0.2) is 0 Å². The van der Waals surface area contributed by atoms with Crippen LogP contribution in [0.5, 0.6) is 0 Å². The SMILES string of the molecule is O=C(c1ccccc1C(F)(F)F)N1CC(c2nc(-c3ccco3)no2)C1. The van der Waals surface area contributed by atoms with Gasteiger partial charge in [-0.15, -0.1) is 0 Å². The molecule has 0 radical (unpaired) electrons. The Kier molecular flexibility index (Phi) is 3.78. The van der Waals surface area contributed by atoms with Crippen molar-refractivity contribution in [3.8, 4) is 11.6 Å². The first-order valence-corrected chi connectivity index (χ1v) is 7.76. The Morgan fingerprint density at radius 1 is 1.15 bits per heavy atom. The van der Waals surface area contributed by atoms with E-state index in [1.54, 1.807) is 12.1 Å². The minimum atomic E-state index is -4.58. The molecule has 1 fully saturated rings. The fourth-order valence-electron chi connectivity index (χ4n) is 2.79. The third-order valence-corrected chi connectivity index (χ3v) is 4.16. The zero-order valence-corrected chi connectivity index (χ0v) is 13.2. The number of benzene rings is 1. The van der Waals surface area contributed by atoms with Crippen LogP contribution in [-0.2, 0) is 6.18 Å². The minimum absolute atomic E-state index is 0.213. The quantitative estimate of drug-likeness (QED) is 0.711. The van der Waals surface area contributed by atoms with Gasteiger partial charge in [-0.1, -0.05) is 17.3 Å². The van der Waals surface area contributed by atoms with Crippen molar-refractivity contribution < 1.29 is 26.9 Å². The Bertz CT molecular complexity index is 928. The standard InChI is InChI=1S/C17H12F3N3O3/c18-17(19,20)12-5-2-1-4-11(12)16(24)23-8-10(9-23)15-21-14(22-26-15)13-6-3-7-25-13/h1-7,10H,8-9H2. The summed E-state index contributed by atoms with van der Waals surface area (Å²) in [5.41, 5.74) is -1.30. The normalized spacial score (nSPS) is 15.1. The van der Waals surface area contributed by atoms with E-state index in [1.807, 2.05) is 0 Å². The molecule has 26 heavy (non-hydrogen) atoms. The first kappa shape index (κ1) is 16.4. The van der Waals surface area contributed by atoms with E-state index in [2.05, 4.69) is 10.1 Å². The average molecular weight is 363 g/mol. The highest BCUT2D eigenvalue weighted by molar-refractivity contribution is 5.96. The number of aromatic nitrogens is 2. The summed E-state index contributed by atoms with van der Waals surface area (Å²) < 4.78 is 49.5. The van der Waals surface area contributed by atoms with Crippen molar-refractivity contribution in [2.45, 2.75) is 12.1 Å². The summed E-state index contributed by atoms with van der Waals surface area (Å²) in [6, 6.07) is 8.12. The number of amides is 1. The van der Waals surface area contributed by atoms with Crippen molar-refractivity contribution >= 4 is 5.91 Å². The molecule has 0 unspecified atom stereocenters. The Hall–Kier alpha value is -3.10. The summed E-state index contributed by atoms with van der Waals surface area (Å²) in [5, 5.41) is 3.80. The Balaban J connectivity index is 1.46. The fraction of sp³-hybridized carbons (Fsp3) is 0.235. The van der Waals surface area contributed by atoms with Crippen LogP contribution in [0, 0.1) is 0 Å². The molecule has 1 saturated heterocycles. The number of hydrogen-bond acceptors (Lipinski definition) is 5. The first-order chi connectivity index (χ1) is 12.4. The molecule has 1 aliphatic rings. The lowest BCUT2D eigenvalue weighted by Crippen LogP contribution is -2.49. The monoisotopic (exact) mass is 363 g/mol. The predicted octanol–water partition coefficient (Wildman–Crippen LogP) is 3.59. The molecule has 0 atom stereocenters. The maximum absolute atomic E-state index is 13.1. The first-order valence-electron chi connectivity index (χ1n) is 7.76. The zero-order chi connectivity index (χ0) is 18.3. The number of carbonyl (C=O) groups excluding carboxylic acids is 1. The molecule has 0 saturated carbocycles. The van der Waals surface area contributed by atoms with Gasteiger partial charge >= 0.3 is 6.18 Å². The van der Waals surface area contributed by atoms with Crippen molar-refractivity contribution in [2.75, 3.05) is 13.1 Å². The highest BCUT2D eigenvalue weighted by Crippen LogP contribution is 2.34. The van der Waals surface area contributed by atoms with Gasteiger partial charge in [0.2, 0.25) is 11.7 Å². The number of carbonyl (C=O) groups is 1. The molecule has 0 bridgehead atoms. The lowest BCUT2D eigenvalue weighted by atomic mass is 9.97. The third-order valence-electron chi connectivity index (χ3n) is 4.16. The molecular weight excluding hydrogens is 351 g/mol. The largest absolute Gasteiger partial charge is 0.461 e. The zero-order valence-electron chi connectivity index (χ0n) is 13.2. The fourth-order valence-corrected chi connectivity index (χ4v) is 2.79. The number of likely N-dealkylation sites (tertiary alicyclic amines) is 1. The number of rotatable bonds is 3. The second-order valence-corrected chi connectivity index (χ2v) is 5.88. The van der Waals surface area contributed by atoms with Gasteiger partial charge in [-0.05, 0) is 24.3 Å². The molecule has 3 heterocycles. The smallest absolute Gasteiger partial charge is 0.417 e. The van der Waals surface area contributed by atoms with Crippen LogP contribution >= 0.6 is 0 Å². The summed E-state index contributed by atoms with van der Waals surface area (Å²) in [4.78, 5) is 17.9. The predicted molar refractivity (Wildman–Crippen MR) is 82.1 cm³/mol. The molecule has 9 heteroatoms. The highest BCUT2D eigenvalue weighted by atomic mass is 19.4.